The molecule has 0 unspecified atom stereocenters. The molecular formula is C24H23ClFN5O. The van der Waals surface area contributed by atoms with Crippen LogP contribution in [0.15, 0.2) is 60.8 Å². The van der Waals surface area contributed by atoms with Crippen molar-refractivity contribution >= 4 is 34.8 Å². The highest BCUT2D eigenvalue weighted by molar-refractivity contribution is 6.30. The molecule has 0 atom stereocenters. The number of likely N-dealkylation sites (tertiary alicyclic amines) is 1. The monoisotopic (exact) mass is 451 g/mol. The molecule has 32 heavy (non-hydrogen) atoms. The van der Waals surface area contributed by atoms with Crippen LogP contribution in [0.3, 0.4) is 0 Å². The number of benzene rings is 2. The molecule has 1 fully saturated rings. The molecule has 1 aromatic heterocycles. The lowest BCUT2D eigenvalue weighted by atomic mass is 10.1. The Labute approximate surface area is 190 Å². The first-order valence-electron chi connectivity index (χ1n) is 10.4. The maximum absolute atomic E-state index is 13.8. The molecule has 1 saturated heterocycles. The van der Waals surface area contributed by atoms with Gasteiger partial charge in [-0.15, -0.1) is 0 Å². The van der Waals surface area contributed by atoms with Crippen LogP contribution < -0.4 is 10.6 Å². The fourth-order valence-electron chi connectivity index (χ4n) is 3.59. The van der Waals surface area contributed by atoms with E-state index in [0.717, 1.165) is 37.1 Å². The Bertz CT molecular complexity index is 1110. The average molecular weight is 452 g/mol. The molecule has 0 saturated carbocycles. The molecule has 6 nitrogen and oxygen atoms in total. The number of amidine groups is 1. The van der Waals surface area contributed by atoms with Crippen molar-refractivity contribution in [3.05, 3.63) is 88.3 Å². The minimum absolute atomic E-state index is 0.175. The van der Waals surface area contributed by atoms with Crippen LogP contribution in [0.2, 0.25) is 5.02 Å². The van der Waals surface area contributed by atoms with Gasteiger partial charge in [-0.25, -0.2) is 9.37 Å². The van der Waals surface area contributed by atoms with Crippen molar-refractivity contribution in [2.75, 3.05) is 23.7 Å². The van der Waals surface area contributed by atoms with Crippen molar-refractivity contribution < 1.29 is 9.18 Å². The number of rotatable bonds is 6. The number of carbonyl (C=O) groups excluding carboxylic acids is 1. The van der Waals surface area contributed by atoms with Crippen LogP contribution in [0.25, 0.3) is 0 Å². The van der Waals surface area contributed by atoms with Crippen LogP contribution >= 0.6 is 11.6 Å². The van der Waals surface area contributed by atoms with Gasteiger partial charge < -0.3 is 15.5 Å². The number of carbonyl (C=O) groups is 1. The first-order chi connectivity index (χ1) is 15.5. The highest BCUT2D eigenvalue weighted by Gasteiger charge is 2.16. The summed E-state index contributed by atoms with van der Waals surface area (Å²) in [6, 6.07) is 15.0. The normalized spacial score (nSPS) is 13.1. The summed E-state index contributed by atoms with van der Waals surface area (Å²) >= 11 is 5.82. The number of nitrogens with one attached hydrogen (secondary N) is 3. The van der Waals surface area contributed by atoms with Gasteiger partial charge in [0.2, 0.25) is 0 Å². The van der Waals surface area contributed by atoms with Gasteiger partial charge in [0.05, 0.1) is 10.6 Å². The quantitative estimate of drug-likeness (QED) is 0.357. The molecule has 8 heteroatoms. The molecule has 4 rings (SSSR count). The third-order valence-corrected chi connectivity index (χ3v) is 5.55. The number of hydrogen-bond acceptors (Lipinski definition) is 4. The summed E-state index contributed by atoms with van der Waals surface area (Å²) < 4.78 is 13.8. The van der Waals surface area contributed by atoms with Gasteiger partial charge in [0.1, 0.15) is 17.5 Å². The van der Waals surface area contributed by atoms with Crippen molar-refractivity contribution in [1.82, 2.24) is 9.88 Å². The molecule has 3 aromatic rings. The zero-order valence-electron chi connectivity index (χ0n) is 17.4. The molecule has 0 spiro atoms. The van der Waals surface area contributed by atoms with E-state index in [4.69, 9.17) is 17.0 Å². The Kier molecular flexibility index (Phi) is 6.66. The SMILES string of the molecule is N=C(c1ccc(CNc2ccc(F)cc2C(=O)Nc2ccc(Cl)cn2)cc1)N1CCCC1. The second-order valence-corrected chi connectivity index (χ2v) is 8.04. The van der Waals surface area contributed by atoms with Gasteiger partial charge in [-0.05, 0) is 48.7 Å². The highest BCUT2D eigenvalue weighted by atomic mass is 35.5. The Balaban J connectivity index is 1.43. The third-order valence-electron chi connectivity index (χ3n) is 5.33. The number of nitrogens with zero attached hydrogens (tertiary/aromatic N) is 2. The summed E-state index contributed by atoms with van der Waals surface area (Å²) in [6.45, 7) is 2.31. The van der Waals surface area contributed by atoms with Crippen LogP contribution in [0, 0.1) is 11.2 Å². The largest absolute Gasteiger partial charge is 0.380 e. The van der Waals surface area contributed by atoms with E-state index in [1.54, 1.807) is 12.1 Å². The molecule has 0 bridgehead atoms. The van der Waals surface area contributed by atoms with Crippen molar-refractivity contribution in [2.24, 2.45) is 0 Å². The van der Waals surface area contributed by atoms with Gasteiger partial charge >= 0.3 is 0 Å². The maximum atomic E-state index is 13.8. The predicted molar refractivity (Wildman–Crippen MR) is 125 cm³/mol. The van der Waals surface area contributed by atoms with Crippen LogP contribution in [0.4, 0.5) is 15.9 Å². The number of hydrogen-bond donors (Lipinski definition) is 3. The van der Waals surface area contributed by atoms with Crippen molar-refractivity contribution in [3.63, 3.8) is 0 Å². The lowest BCUT2D eigenvalue weighted by Crippen LogP contribution is -2.27. The highest BCUT2D eigenvalue weighted by Crippen LogP contribution is 2.21. The number of aromatic nitrogens is 1. The third kappa shape index (κ3) is 5.23. The van der Waals surface area contributed by atoms with E-state index in [1.807, 2.05) is 24.3 Å². The first-order valence-corrected chi connectivity index (χ1v) is 10.8. The smallest absolute Gasteiger partial charge is 0.259 e. The Morgan fingerprint density at radius 1 is 1.09 bits per heavy atom. The molecule has 164 valence electrons. The Morgan fingerprint density at radius 3 is 2.53 bits per heavy atom. The molecule has 2 heterocycles. The molecule has 3 N–H and O–H groups in total. The molecule has 1 aliphatic rings. The molecule has 1 aliphatic heterocycles. The first kappa shape index (κ1) is 21.8. The molecule has 1 amide bonds. The van der Waals surface area contributed by atoms with E-state index in [9.17, 15) is 9.18 Å². The van der Waals surface area contributed by atoms with E-state index < -0.39 is 11.7 Å². The van der Waals surface area contributed by atoms with Crippen LogP contribution in [0.1, 0.15) is 34.3 Å². The lowest BCUT2D eigenvalue weighted by Gasteiger charge is -2.18. The van der Waals surface area contributed by atoms with E-state index in [2.05, 4.69) is 20.5 Å². The van der Waals surface area contributed by atoms with Crippen molar-refractivity contribution in [3.8, 4) is 0 Å². The zero-order valence-corrected chi connectivity index (χ0v) is 18.1. The summed E-state index contributed by atoms with van der Waals surface area (Å²) in [5.41, 5.74) is 2.55. The minimum Gasteiger partial charge on any atom is -0.380 e. The fraction of sp³-hybridized carbons (Fsp3) is 0.208. The molecular weight excluding hydrogens is 429 g/mol. The number of amides is 1. The van der Waals surface area contributed by atoms with Crippen molar-refractivity contribution in [2.45, 2.75) is 19.4 Å². The molecule has 0 radical (unpaired) electrons. The number of halogens is 2. The van der Waals surface area contributed by atoms with Crippen LogP contribution in [0.5, 0.6) is 0 Å². The van der Waals surface area contributed by atoms with Gasteiger partial charge in [0.15, 0.2) is 0 Å². The van der Waals surface area contributed by atoms with Gasteiger partial charge in [-0.3, -0.25) is 10.2 Å². The van der Waals surface area contributed by atoms with Crippen molar-refractivity contribution in [1.29, 1.82) is 5.41 Å². The minimum atomic E-state index is -0.505. The summed E-state index contributed by atoms with van der Waals surface area (Å²) in [6.07, 6.45) is 3.69. The lowest BCUT2D eigenvalue weighted by molar-refractivity contribution is 0.102. The van der Waals surface area contributed by atoms with E-state index in [0.29, 0.717) is 28.9 Å². The number of anilines is 2. The van der Waals surface area contributed by atoms with E-state index in [-0.39, 0.29) is 5.56 Å². The number of pyridine rings is 1. The fourth-order valence-corrected chi connectivity index (χ4v) is 3.70. The topological polar surface area (TPSA) is 81.1 Å². The zero-order chi connectivity index (χ0) is 22.5. The second kappa shape index (κ2) is 9.78. The standard InChI is InChI=1S/C24H23ClFN5O/c25-18-7-10-22(29-15-18)30-24(32)20-13-19(26)8-9-21(20)28-14-16-3-5-17(6-4-16)23(27)31-11-1-2-12-31/h3-10,13,15,27-28H,1-2,11-12,14H2,(H,29,30,32). The Hall–Kier alpha value is -3.45. The van der Waals surface area contributed by atoms with E-state index in [1.165, 1.54) is 24.4 Å². The summed E-state index contributed by atoms with van der Waals surface area (Å²) in [4.78, 5) is 18.8. The second-order valence-electron chi connectivity index (χ2n) is 7.60. The Morgan fingerprint density at radius 2 is 1.84 bits per heavy atom. The molecule has 2 aromatic carbocycles. The van der Waals surface area contributed by atoms with Gasteiger partial charge in [-0.1, -0.05) is 35.9 Å². The summed E-state index contributed by atoms with van der Waals surface area (Å²) in [5.74, 6) is -0.105. The van der Waals surface area contributed by atoms with E-state index >= 15 is 0 Å². The molecule has 0 aliphatic carbocycles. The van der Waals surface area contributed by atoms with Gasteiger partial charge in [-0.2, -0.15) is 0 Å². The summed E-state index contributed by atoms with van der Waals surface area (Å²) in [5, 5.41) is 14.7. The average Bonchev–Trinajstić information content (AvgIpc) is 3.34. The van der Waals surface area contributed by atoms with Gasteiger partial charge in [0, 0.05) is 37.1 Å². The van der Waals surface area contributed by atoms with Crippen LogP contribution in [-0.4, -0.2) is 34.7 Å². The summed E-state index contributed by atoms with van der Waals surface area (Å²) in [7, 11) is 0. The maximum Gasteiger partial charge on any atom is 0.259 e. The predicted octanol–water partition coefficient (Wildman–Crippen LogP) is 5.16. The van der Waals surface area contributed by atoms with Gasteiger partial charge in [0.25, 0.3) is 5.91 Å². The van der Waals surface area contributed by atoms with Crippen LogP contribution in [-0.2, 0) is 6.54 Å².